The van der Waals surface area contributed by atoms with Gasteiger partial charge in [-0.25, -0.2) is 0 Å². The molecule has 0 aliphatic heterocycles. The zero-order valence-corrected chi connectivity index (χ0v) is 10.7. The minimum absolute atomic E-state index is 0.0169. The van der Waals surface area contributed by atoms with Crippen molar-refractivity contribution in [2.45, 2.75) is 32.9 Å². The summed E-state index contributed by atoms with van der Waals surface area (Å²) in [5, 5.41) is 2.69. The average Bonchev–Trinajstić information content (AvgIpc) is 2.24. The lowest BCUT2D eigenvalue weighted by molar-refractivity contribution is -0.125. The first kappa shape index (κ1) is 15.9. The van der Waals surface area contributed by atoms with Gasteiger partial charge in [-0.15, -0.1) is 0 Å². The molecule has 0 spiro atoms. The molecule has 2 unspecified atom stereocenters. The fraction of sp³-hybridized carbons (Fsp3) is 0.818. The summed E-state index contributed by atoms with van der Waals surface area (Å²) in [6.45, 7) is 4.17. The molecule has 0 aromatic rings. The Kier molecular flexibility index (Phi) is 8.35. The molecule has 3 N–H and O–H groups in total. The van der Waals surface area contributed by atoms with Gasteiger partial charge in [-0.3, -0.25) is 9.59 Å². The number of carbonyl (C=O) groups is 2. The van der Waals surface area contributed by atoms with Gasteiger partial charge < -0.3 is 20.5 Å². The molecule has 0 saturated heterocycles. The van der Waals surface area contributed by atoms with E-state index < -0.39 is 6.23 Å². The molecule has 0 fully saturated rings. The number of primary amides is 1. The highest BCUT2D eigenvalue weighted by molar-refractivity contribution is 5.74. The van der Waals surface area contributed by atoms with E-state index in [0.29, 0.717) is 19.6 Å². The third-order valence-corrected chi connectivity index (χ3v) is 2.29. The van der Waals surface area contributed by atoms with Crippen molar-refractivity contribution in [3.63, 3.8) is 0 Å². The van der Waals surface area contributed by atoms with Crippen LogP contribution in [0.5, 0.6) is 0 Å². The van der Waals surface area contributed by atoms with Gasteiger partial charge in [-0.1, -0.05) is 6.92 Å². The highest BCUT2D eigenvalue weighted by atomic mass is 16.5. The molecule has 17 heavy (non-hydrogen) atoms. The summed E-state index contributed by atoms with van der Waals surface area (Å²) in [5.41, 5.74) is 5.08. The molecular weight excluding hydrogens is 224 g/mol. The molecule has 6 heteroatoms. The number of hydrogen-bond donors (Lipinski definition) is 2. The molecule has 0 saturated carbocycles. The number of hydrogen-bond acceptors (Lipinski definition) is 4. The van der Waals surface area contributed by atoms with E-state index in [0.717, 1.165) is 0 Å². The van der Waals surface area contributed by atoms with Crippen LogP contribution in [0.2, 0.25) is 0 Å². The molecule has 6 nitrogen and oxygen atoms in total. The Morgan fingerprint density at radius 3 is 2.47 bits per heavy atom. The van der Waals surface area contributed by atoms with Crippen LogP contribution < -0.4 is 11.1 Å². The van der Waals surface area contributed by atoms with Gasteiger partial charge in [0.1, 0.15) is 6.23 Å². The summed E-state index contributed by atoms with van der Waals surface area (Å²) >= 11 is 0. The highest BCUT2D eigenvalue weighted by Crippen LogP contribution is 2.12. The fourth-order valence-electron chi connectivity index (χ4n) is 1.33. The van der Waals surface area contributed by atoms with Crippen molar-refractivity contribution in [2.75, 3.05) is 20.3 Å². The Hall–Kier alpha value is -1.14. The summed E-state index contributed by atoms with van der Waals surface area (Å²) in [6, 6.07) is 0. The lowest BCUT2D eigenvalue weighted by atomic mass is 10.0. The van der Waals surface area contributed by atoms with E-state index in [1.165, 1.54) is 6.92 Å². The van der Waals surface area contributed by atoms with E-state index in [-0.39, 0.29) is 24.2 Å². The second-order valence-electron chi connectivity index (χ2n) is 3.97. The quantitative estimate of drug-likeness (QED) is 0.443. The Morgan fingerprint density at radius 1 is 1.35 bits per heavy atom. The number of methoxy groups -OCH3 is 1. The number of nitrogens with one attached hydrogen (secondary N) is 1. The van der Waals surface area contributed by atoms with Crippen molar-refractivity contribution in [2.24, 2.45) is 11.7 Å². The highest BCUT2D eigenvalue weighted by Gasteiger charge is 2.19. The molecule has 0 bridgehead atoms. The van der Waals surface area contributed by atoms with Crippen molar-refractivity contribution < 1.29 is 19.1 Å². The van der Waals surface area contributed by atoms with Crippen LogP contribution in [0.1, 0.15) is 26.7 Å². The van der Waals surface area contributed by atoms with Crippen LogP contribution in [0, 0.1) is 5.92 Å². The van der Waals surface area contributed by atoms with E-state index in [1.807, 2.05) is 6.92 Å². The molecular formula is C11H22N2O4. The van der Waals surface area contributed by atoms with E-state index in [1.54, 1.807) is 7.11 Å². The molecule has 0 aliphatic carbocycles. The van der Waals surface area contributed by atoms with Crippen LogP contribution in [0.3, 0.4) is 0 Å². The molecule has 0 aromatic carbocycles. The minimum Gasteiger partial charge on any atom is -0.382 e. The maximum Gasteiger partial charge on any atom is 0.218 e. The zero-order valence-electron chi connectivity index (χ0n) is 10.7. The SMILES string of the molecule is COCCOC(NC(C)=O)C(C)CCC(N)=O. The van der Waals surface area contributed by atoms with Gasteiger partial charge in [0, 0.05) is 26.4 Å². The van der Waals surface area contributed by atoms with Crippen LogP contribution >= 0.6 is 0 Å². The standard InChI is InChI=1S/C11H22N2O4/c1-8(4-5-10(12)15)11(13-9(2)14)17-7-6-16-3/h8,11H,4-7H2,1-3H3,(H2,12,15)(H,13,14). The molecule has 100 valence electrons. The van der Waals surface area contributed by atoms with Gasteiger partial charge in [-0.2, -0.15) is 0 Å². The second-order valence-corrected chi connectivity index (χ2v) is 3.97. The van der Waals surface area contributed by atoms with E-state index in [4.69, 9.17) is 15.2 Å². The number of ether oxygens (including phenoxy) is 2. The monoisotopic (exact) mass is 246 g/mol. The smallest absolute Gasteiger partial charge is 0.218 e. The lowest BCUT2D eigenvalue weighted by Crippen LogP contribution is -2.41. The molecule has 0 rings (SSSR count). The van der Waals surface area contributed by atoms with Crippen LogP contribution in [-0.2, 0) is 19.1 Å². The van der Waals surface area contributed by atoms with Crippen LogP contribution in [0.15, 0.2) is 0 Å². The molecule has 0 radical (unpaired) electrons. The van der Waals surface area contributed by atoms with Crippen molar-refractivity contribution in [3.05, 3.63) is 0 Å². The largest absolute Gasteiger partial charge is 0.382 e. The van der Waals surface area contributed by atoms with Crippen LogP contribution in [0.25, 0.3) is 0 Å². The first-order valence-corrected chi connectivity index (χ1v) is 5.63. The lowest BCUT2D eigenvalue weighted by Gasteiger charge is -2.24. The molecule has 2 amide bonds. The first-order chi connectivity index (χ1) is 7.97. The maximum atomic E-state index is 11.0. The van der Waals surface area contributed by atoms with Crippen molar-refractivity contribution in [3.8, 4) is 0 Å². The molecule has 2 atom stereocenters. The Labute approximate surface area is 102 Å². The molecule has 0 heterocycles. The van der Waals surface area contributed by atoms with Crippen LogP contribution in [0.4, 0.5) is 0 Å². The number of amides is 2. The average molecular weight is 246 g/mol. The van der Waals surface area contributed by atoms with Crippen molar-refractivity contribution in [1.82, 2.24) is 5.32 Å². The van der Waals surface area contributed by atoms with Gasteiger partial charge in [0.05, 0.1) is 13.2 Å². The minimum atomic E-state index is -0.415. The Morgan fingerprint density at radius 2 is 2.00 bits per heavy atom. The normalized spacial score (nSPS) is 14.1. The van der Waals surface area contributed by atoms with Gasteiger partial charge in [0.15, 0.2) is 0 Å². The summed E-state index contributed by atoms with van der Waals surface area (Å²) in [4.78, 5) is 21.7. The molecule has 0 aliphatic rings. The summed E-state index contributed by atoms with van der Waals surface area (Å²) < 4.78 is 10.3. The predicted molar refractivity (Wildman–Crippen MR) is 63.0 cm³/mol. The first-order valence-electron chi connectivity index (χ1n) is 5.63. The van der Waals surface area contributed by atoms with Gasteiger partial charge in [0.25, 0.3) is 0 Å². The van der Waals surface area contributed by atoms with E-state index >= 15 is 0 Å². The number of rotatable bonds is 9. The molecule has 0 aromatic heterocycles. The third kappa shape index (κ3) is 8.65. The van der Waals surface area contributed by atoms with Crippen molar-refractivity contribution >= 4 is 11.8 Å². The van der Waals surface area contributed by atoms with Crippen LogP contribution in [-0.4, -0.2) is 38.4 Å². The zero-order chi connectivity index (χ0) is 13.3. The number of carbonyl (C=O) groups excluding carboxylic acids is 2. The second kappa shape index (κ2) is 8.95. The maximum absolute atomic E-state index is 11.0. The fourth-order valence-corrected chi connectivity index (χ4v) is 1.33. The van der Waals surface area contributed by atoms with E-state index in [2.05, 4.69) is 5.32 Å². The summed E-state index contributed by atoms with van der Waals surface area (Å²) in [6.07, 6.45) is 0.444. The van der Waals surface area contributed by atoms with Crippen molar-refractivity contribution in [1.29, 1.82) is 0 Å². The van der Waals surface area contributed by atoms with Gasteiger partial charge in [0.2, 0.25) is 11.8 Å². The third-order valence-electron chi connectivity index (χ3n) is 2.29. The summed E-state index contributed by atoms with van der Waals surface area (Å²) in [7, 11) is 1.58. The van der Waals surface area contributed by atoms with E-state index in [9.17, 15) is 9.59 Å². The summed E-state index contributed by atoms with van der Waals surface area (Å²) in [5.74, 6) is -0.503. The number of nitrogens with two attached hydrogens (primary N) is 1. The van der Waals surface area contributed by atoms with Gasteiger partial charge >= 0.3 is 0 Å². The van der Waals surface area contributed by atoms with Gasteiger partial charge in [-0.05, 0) is 6.42 Å². The predicted octanol–water partition coefficient (Wildman–Crippen LogP) is 0.0132. The topological polar surface area (TPSA) is 90.7 Å². The Bertz CT molecular complexity index is 246. The Balaban J connectivity index is 4.13.